The van der Waals surface area contributed by atoms with Crippen LogP contribution in [0.3, 0.4) is 0 Å². The van der Waals surface area contributed by atoms with E-state index in [0.29, 0.717) is 19.8 Å². The molecule has 1 aliphatic heterocycles. The Kier molecular flexibility index (Phi) is 5.79. The Morgan fingerprint density at radius 3 is 2.67 bits per heavy atom. The van der Waals surface area contributed by atoms with Crippen molar-refractivity contribution >= 4 is 28.6 Å². The Labute approximate surface area is 145 Å². The molecule has 0 unspecified atom stereocenters. The maximum atomic E-state index is 12.1. The highest BCUT2D eigenvalue weighted by Gasteiger charge is 2.14. The van der Waals surface area contributed by atoms with Gasteiger partial charge in [-0.05, 0) is 31.2 Å². The second-order valence-electron chi connectivity index (χ2n) is 5.75. The van der Waals surface area contributed by atoms with Gasteiger partial charge in [-0.25, -0.2) is 4.98 Å². The van der Waals surface area contributed by atoms with Gasteiger partial charge in [-0.15, -0.1) is 11.3 Å². The van der Waals surface area contributed by atoms with Crippen LogP contribution in [-0.2, 0) is 9.53 Å². The maximum Gasteiger partial charge on any atom is 0.238 e. The Morgan fingerprint density at radius 2 is 2.00 bits per heavy atom. The molecule has 2 aromatic rings. The van der Waals surface area contributed by atoms with E-state index in [1.807, 2.05) is 35.8 Å². The predicted octanol–water partition coefficient (Wildman–Crippen LogP) is 2.59. The summed E-state index contributed by atoms with van der Waals surface area (Å²) in [6.07, 6.45) is 1.81. The van der Waals surface area contributed by atoms with Crippen molar-refractivity contribution in [1.29, 1.82) is 0 Å². The first-order valence-electron chi connectivity index (χ1n) is 8.06. The van der Waals surface area contributed by atoms with Crippen LogP contribution in [0.4, 0.5) is 11.4 Å². The summed E-state index contributed by atoms with van der Waals surface area (Å²) in [4.78, 5) is 18.5. The molecule has 2 heterocycles. The standard InChI is InChI=1S/C17H22N4O2S/c1-13(17-18-6-11-24-17)19-14-2-4-15(5-3-14)20-16(22)12-21-7-9-23-10-8-21/h2-6,11,13,19H,7-10,12H2,1H3,(H,20,22)/t13-/m1/s1. The molecule has 1 amide bonds. The van der Waals surface area contributed by atoms with Crippen LogP contribution < -0.4 is 10.6 Å². The summed E-state index contributed by atoms with van der Waals surface area (Å²) in [5.74, 6) is 0.00811. The fourth-order valence-corrected chi connectivity index (χ4v) is 3.22. The molecule has 2 N–H and O–H groups in total. The molecular weight excluding hydrogens is 324 g/mol. The third kappa shape index (κ3) is 4.77. The number of amides is 1. The molecule has 24 heavy (non-hydrogen) atoms. The van der Waals surface area contributed by atoms with Crippen LogP contribution in [0.25, 0.3) is 0 Å². The summed E-state index contributed by atoms with van der Waals surface area (Å²) in [6, 6.07) is 7.91. The van der Waals surface area contributed by atoms with Crippen LogP contribution in [0.1, 0.15) is 18.0 Å². The normalized spacial score (nSPS) is 16.5. The summed E-state index contributed by atoms with van der Waals surface area (Å²) < 4.78 is 5.29. The van der Waals surface area contributed by atoms with Gasteiger partial charge in [0, 0.05) is 36.0 Å². The number of nitrogens with one attached hydrogen (secondary N) is 2. The van der Waals surface area contributed by atoms with Crippen molar-refractivity contribution in [3.63, 3.8) is 0 Å². The zero-order valence-corrected chi connectivity index (χ0v) is 14.5. The van der Waals surface area contributed by atoms with E-state index >= 15 is 0 Å². The van der Waals surface area contributed by atoms with Crippen molar-refractivity contribution in [2.75, 3.05) is 43.5 Å². The summed E-state index contributed by atoms with van der Waals surface area (Å²) in [6.45, 7) is 5.51. The SMILES string of the molecule is C[C@@H](Nc1ccc(NC(=O)CN2CCOCC2)cc1)c1nccs1. The second-order valence-corrected chi connectivity index (χ2v) is 6.68. The highest BCUT2D eigenvalue weighted by atomic mass is 32.1. The van der Waals surface area contributed by atoms with Crippen molar-refractivity contribution in [3.8, 4) is 0 Å². The molecule has 1 aliphatic rings. The lowest BCUT2D eigenvalue weighted by molar-refractivity contribution is -0.118. The minimum Gasteiger partial charge on any atom is -0.379 e. The van der Waals surface area contributed by atoms with Gasteiger partial charge in [0.05, 0.1) is 25.8 Å². The zero-order chi connectivity index (χ0) is 16.8. The average Bonchev–Trinajstić information content (AvgIpc) is 3.12. The molecule has 0 bridgehead atoms. The Morgan fingerprint density at radius 1 is 1.29 bits per heavy atom. The summed E-state index contributed by atoms with van der Waals surface area (Å²) in [5, 5.41) is 9.37. The first kappa shape index (κ1) is 16.9. The van der Waals surface area contributed by atoms with Crippen LogP contribution in [-0.4, -0.2) is 48.6 Å². The number of benzene rings is 1. The fraction of sp³-hybridized carbons (Fsp3) is 0.412. The number of carbonyl (C=O) groups is 1. The molecule has 3 rings (SSSR count). The van der Waals surface area contributed by atoms with Gasteiger partial charge in [0.15, 0.2) is 0 Å². The number of nitrogens with zero attached hydrogens (tertiary/aromatic N) is 2. The van der Waals surface area contributed by atoms with E-state index in [0.717, 1.165) is 29.5 Å². The maximum absolute atomic E-state index is 12.1. The van der Waals surface area contributed by atoms with Crippen LogP contribution in [0.15, 0.2) is 35.8 Å². The largest absolute Gasteiger partial charge is 0.379 e. The zero-order valence-electron chi connectivity index (χ0n) is 13.7. The lowest BCUT2D eigenvalue weighted by atomic mass is 10.2. The molecular formula is C17H22N4O2S. The van der Waals surface area contributed by atoms with Gasteiger partial charge in [-0.1, -0.05) is 0 Å². The van der Waals surface area contributed by atoms with Gasteiger partial charge in [0.25, 0.3) is 0 Å². The Bertz CT molecular complexity index is 639. The van der Waals surface area contributed by atoms with Gasteiger partial charge >= 0.3 is 0 Å². The summed E-state index contributed by atoms with van der Waals surface area (Å²) >= 11 is 1.63. The van der Waals surface area contributed by atoms with Crippen molar-refractivity contribution in [1.82, 2.24) is 9.88 Å². The van der Waals surface area contributed by atoms with Crippen LogP contribution in [0.2, 0.25) is 0 Å². The minimum absolute atomic E-state index is 0.00811. The molecule has 1 saturated heterocycles. The van der Waals surface area contributed by atoms with E-state index in [4.69, 9.17) is 4.74 Å². The highest BCUT2D eigenvalue weighted by Crippen LogP contribution is 2.22. The topological polar surface area (TPSA) is 66.5 Å². The number of aromatic nitrogens is 1. The number of morpholine rings is 1. The molecule has 1 atom stereocenters. The third-order valence-corrected chi connectivity index (χ3v) is 4.80. The number of hydrogen-bond acceptors (Lipinski definition) is 6. The number of thiazole rings is 1. The van der Waals surface area contributed by atoms with E-state index in [1.165, 1.54) is 0 Å². The van der Waals surface area contributed by atoms with Crippen LogP contribution in [0, 0.1) is 0 Å². The lowest BCUT2D eigenvalue weighted by Gasteiger charge is -2.25. The average molecular weight is 346 g/mol. The smallest absolute Gasteiger partial charge is 0.238 e. The van der Waals surface area contributed by atoms with Crippen molar-refractivity contribution < 1.29 is 9.53 Å². The van der Waals surface area contributed by atoms with Gasteiger partial charge in [0.2, 0.25) is 5.91 Å². The Hall–Kier alpha value is -1.96. The van der Waals surface area contributed by atoms with Crippen molar-refractivity contribution in [3.05, 3.63) is 40.8 Å². The number of hydrogen-bond donors (Lipinski definition) is 2. The minimum atomic E-state index is 0.00811. The molecule has 0 spiro atoms. The number of ether oxygens (including phenoxy) is 1. The Balaban J connectivity index is 1.49. The van der Waals surface area contributed by atoms with Gasteiger partial charge < -0.3 is 15.4 Å². The second kappa shape index (κ2) is 8.23. The van der Waals surface area contributed by atoms with E-state index in [2.05, 4.69) is 27.4 Å². The molecule has 7 heteroatoms. The molecule has 6 nitrogen and oxygen atoms in total. The van der Waals surface area contributed by atoms with E-state index < -0.39 is 0 Å². The van der Waals surface area contributed by atoms with E-state index in [9.17, 15) is 4.79 Å². The monoisotopic (exact) mass is 346 g/mol. The van der Waals surface area contributed by atoms with Crippen molar-refractivity contribution in [2.45, 2.75) is 13.0 Å². The molecule has 1 fully saturated rings. The van der Waals surface area contributed by atoms with E-state index in [1.54, 1.807) is 11.3 Å². The lowest BCUT2D eigenvalue weighted by Crippen LogP contribution is -2.41. The van der Waals surface area contributed by atoms with Gasteiger partial charge in [0.1, 0.15) is 5.01 Å². The van der Waals surface area contributed by atoms with Crippen LogP contribution in [0.5, 0.6) is 0 Å². The first-order chi connectivity index (χ1) is 11.7. The highest BCUT2D eigenvalue weighted by molar-refractivity contribution is 7.09. The molecule has 0 aliphatic carbocycles. The third-order valence-electron chi connectivity index (χ3n) is 3.84. The molecule has 0 saturated carbocycles. The molecule has 128 valence electrons. The van der Waals surface area contributed by atoms with E-state index in [-0.39, 0.29) is 11.9 Å². The van der Waals surface area contributed by atoms with Crippen LogP contribution >= 0.6 is 11.3 Å². The quantitative estimate of drug-likeness (QED) is 0.842. The first-order valence-corrected chi connectivity index (χ1v) is 8.94. The molecule has 1 aromatic heterocycles. The predicted molar refractivity (Wildman–Crippen MR) is 96.5 cm³/mol. The fourth-order valence-electron chi connectivity index (χ4n) is 2.57. The number of carbonyl (C=O) groups excluding carboxylic acids is 1. The number of rotatable bonds is 6. The van der Waals surface area contributed by atoms with Crippen molar-refractivity contribution in [2.24, 2.45) is 0 Å². The van der Waals surface area contributed by atoms with Gasteiger partial charge in [-0.2, -0.15) is 0 Å². The summed E-state index contributed by atoms with van der Waals surface area (Å²) in [5.41, 5.74) is 1.81. The summed E-state index contributed by atoms with van der Waals surface area (Å²) in [7, 11) is 0. The number of anilines is 2. The molecule has 0 radical (unpaired) electrons. The van der Waals surface area contributed by atoms with Gasteiger partial charge in [-0.3, -0.25) is 9.69 Å². The molecule has 1 aromatic carbocycles.